The topological polar surface area (TPSA) is 54.0 Å². The van der Waals surface area contributed by atoms with Gasteiger partial charge >= 0.3 is 6.18 Å². The number of alkyl halides is 3. The molecule has 0 saturated carbocycles. The minimum Gasteiger partial charge on any atom is -0.346 e. The molecule has 1 amide bonds. The van der Waals surface area contributed by atoms with Gasteiger partial charge in [-0.15, -0.1) is 11.3 Å². The van der Waals surface area contributed by atoms with Crippen molar-refractivity contribution >= 4 is 17.2 Å². The van der Waals surface area contributed by atoms with E-state index in [0.29, 0.717) is 5.56 Å². The molecule has 0 aliphatic carbocycles. The number of hydrogen-bond acceptors (Lipinski definition) is 4. The highest BCUT2D eigenvalue weighted by Crippen LogP contribution is 2.29. The van der Waals surface area contributed by atoms with E-state index in [2.05, 4.69) is 15.6 Å². The minimum atomic E-state index is -4.45. The molecule has 1 aliphatic rings. The van der Waals surface area contributed by atoms with Crippen molar-refractivity contribution < 1.29 is 18.0 Å². The lowest BCUT2D eigenvalue weighted by molar-refractivity contribution is -0.140. The fraction of sp³-hybridized carbons (Fsp3) is 0.375. The first-order valence-corrected chi connectivity index (χ1v) is 8.44. The molecule has 3 rings (SSSR count). The molecular weight excluding hydrogens is 339 g/mol. The number of aromatic nitrogens is 1. The number of carbonyl (C=O) groups excluding carboxylic acids is 1. The van der Waals surface area contributed by atoms with Crippen molar-refractivity contribution in [2.24, 2.45) is 0 Å². The number of rotatable bonds is 3. The van der Waals surface area contributed by atoms with E-state index in [4.69, 9.17) is 0 Å². The molecule has 1 aliphatic heterocycles. The first-order chi connectivity index (χ1) is 11.4. The molecule has 0 bridgehead atoms. The van der Waals surface area contributed by atoms with E-state index in [-0.39, 0.29) is 17.5 Å². The minimum absolute atomic E-state index is 0.0157. The van der Waals surface area contributed by atoms with Crippen LogP contribution < -0.4 is 10.6 Å². The molecule has 8 heteroatoms. The standard InChI is InChI=1S/C16H16F3N3OS/c17-16(18,19)13-9-24-14(22-13)8-21-15(23)12-2-1-10-3-5-20-6-4-11(10)7-12/h1-2,7,9,20H,3-6,8H2,(H,21,23). The highest BCUT2D eigenvalue weighted by molar-refractivity contribution is 7.09. The summed E-state index contributed by atoms with van der Waals surface area (Å²) in [5, 5.41) is 7.12. The van der Waals surface area contributed by atoms with Gasteiger partial charge in [-0.2, -0.15) is 13.2 Å². The van der Waals surface area contributed by atoms with E-state index < -0.39 is 11.9 Å². The van der Waals surface area contributed by atoms with E-state index in [1.165, 1.54) is 5.56 Å². The van der Waals surface area contributed by atoms with Crippen LogP contribution in [0.5, 0.6) is 0 Å². The molecule has 2 aromatic rings. The van der Waals surface area contributed by atoms with Gasteiger partial charge in [0, 0.05) is 10.9 Å². The summed E-state index contributed by atoms with van der Waals surface area (Å²) in [5.74, 6) is -0.307. The number of thiazole rings is 1. The Morgan fingerprint density at radius 2 is 2.00 bits per heavy atom. The van der Waals surface area contributed by atoms with Gasteiger partial charge in [0.2, 0.25) is 0 Å². The van der Waals surface area contributed by atoms with Gasteiger partial charge in [-0.25, -0.2) is 4.98 Å². The molecule has 0 unspecified atom stereocenters. The number of hydrogen-bond donors (Lipinski definition) is 2. The van der Waals surface area contributed by atoms with Crippen molar-refractivity contribution in [2.45, 2.75) is 25.6 Å². The summed E-state index contributed by atoms with van der Waals surface area (Å²) in [5.41, 5.74) is 1.96. The van der Waals surface area contributed by atoms with Gasteiger partial charge in [0.15, 0.2) is 5.69 Å². The second-order valence-electron chi connectivity index (χ2n) is 5.54. The van der Waals surface area contributed by atoms with Crippen LogP contribution in [-0.4, -0.2) is 24.0 Å². The molecule has 0 atom stereocenters. The summed E-state index contributed by atoms with van der Waals surface area (Å²) in [6.07, 6.45) is -2.67. The van der Waals surface area contributed by atoms with Crippen LogP contribution in [0.3, 0.4) is 0 Å². The van der Waals surface area contributed by atoms with E-state index in [1.54, 1.807) is 6.07 Å². The fourth-order valence-corrected chi connectivity index (χ4v) is 3.34. The zero-order chi connectivity index (χ0) is 17.2. The van der Waals surface area contributed by atoms with Gasteiger partial charge in [-0.05, 0) is 49.2 Å². The summed E-state index contributed by atoms with van der Waals surface area (Å²) in [6.45, 7) is 1.78. The third-order valence-electron chi connectivity index (χ3n) is 3.85. The van der Waals surface area contributed by atoms with E-state index in [1.807, 2.05) is 12.1 Å². The Kier molecular flexibility index (Phi) is 4.86. The molecule has 24 heavy (non-hydrogen) atoms. The van der Waals surface area contributed by atoms with E-state index >= 15 is 0 Å². The largest absolute Gasteiger partial charge is 0.434 e. The van der Waals surface area contributed by atoms with Gasteiger partial charge in [-0.3, -0.25) is 4.79 Å². The lowest BCUT2D eigenvalue weighted by Gasteiger charge is -2.08. The molecule has 0 radical (unpaired) electrons. The smallest absolute Gasteiger partial charge is 0.346 e. The zero-order valence-electron chi connectivity index (χ0n) is 12.7. The average molecular weight is 355 g/mol. The van der Waals surface area contributed by atoms with Gasteiger partial charge in [0.25, 0.3) is 5.91 Å². The third kappa shape index (κ3) is 3.93. The second kappa shape index (κ2) is 6.90. The number of nitrogens with one attached hydrogen (secondary N) is 2. The molecule has 2 N–H and O–H groups in total. The second-order valence-corrected chi connectivity index (χ2v) is 6.48. The lowest BCUT2D eigenvalue weighted by Crippen LogP contribution is -2.23. The molecule has 2 heterocycles. The van der Waals surface area contributed by atoms with Crippen LogP contribution in [-0.2, 0) is 25.6 Å². The highest BCUT2D eigenvalue weighted by Gasteiger charge is 2.33. The van der Waals surface area contributed by atoms with Crippen LogP contribution in [0.15, 0.2) is 23.6 Å². The summed E-state index contributed by atoms with van der Waals surface area (Å²) in [6, 6.07) is 5.56. The summed E-state index contributed by atoms with van der Waals surface area (Å²) < 4.78 is 37.5. The Bertz CT molecular complexity index is 742. The van der Waals surface area contributed by atoms with Crippen molar-refractivity contribution in [3.63, 3.8) is 0 Å². The number of carbonyl (C=O) groups is 1. The SMILES string of the molecule is O=C(NCc1nc(C(F)(F)F)cs1)c1ccc2c(c1)CCNCC2. The molecule has 4 nitrogen and oxygen atoms in total. The van der Waals surface area contributed by atoms with E-state index in [9.17, 15) is 18.0 Å². The fourth-order valence-electron chi connectivity index (χ4n) is 2.60. The Balaban J connectivity index is 1.65. The normalized spacial score (nSPS) is 14.8. The van der Waals surface area contributed by atoms with Crippen LogP contribution in [0.4, 0.5) is 13.2 Å². The predicted molar refractivity (Wildman–Crippen MR) is 85.0 cm³/mol. The van der Waals surface area contributed by atoms with Crippen LogP contribution in [0.25, 0.3) is 0 Å². The Hall–Kier alpha value is -1.93. The highest BCUT2D eigenvalue weighted by atomic mass is 32.1. The van der Waals surface area contributed by atoms with Crippen LogP contribution in [0.1, 0.15) is 32.2 Å². The lowest BCUT2D eigenvalue weighted by atomic mass is 10.00. The number of halogens is 3. The van der Waals surface area contributed by atoms with Gasteiger partial charge in [0.05, 0.1) is 6.54 Å². The Morgan fingerprint density at radius 1 is 1.25 bits per heavy atom. The molecule has 1 aromatic carbocycles. The number of benzene rings is 1. The maximum Gasteiger partial charge on any atom is 0.434 e. The van der Waals surface area contributed by atoms with Crippen molar-refractivity contribution in [3.05, 3.63) is 51.0 Å². The zero-order valence-corrected chi connectivity index (χ0v) is 13.6. The van der Waals surface area contributed by atoms with Gasteiger partial charge in [-0.1, -0.05) is 6.07 Å². The summed E-state index contributed by atoms with van der Waals surface area (Å²) >= 11 is 0.885. The van der Waals surface area contributed by atoms with Crippen LogP contribution in [0.2, 0.25) is 0 Å². The average Bonchev–Trinajstić information content (AvgIpc) is 2.91. The summed E-state index contributed by atoms with van der Waals surface area (Å²) in [7, 11) is 0. The first-order valence-electron chi connectivity index (χ1n) is 7.56. The van der Waals surface area contributed by atoms with Crippen molar-refractivity contribution in [1.82, 2.24) is 15.6 Å². The third-order valence-corrected chi connectivity index (χ3v) is 4.70. The van der Waals surface area contributed by atoms with Crippen molar-refractivity contribution in [3.8, 4) is 0 Å². The Labute approximate surface area is 141 Å². The molecule has 0 saturated heterocycles. The first kappa shape index (κ1) is 16.9. The van der Waals surface area contributed by atoms with Crippen LogP contribution in [0, 0.1) is 0 Å². The van der Waals surface area contributed by atoms with Gasteiger partial charge in [0.1, 0.15) is 5.01 Å². The number of fused-ring (bicyclic) bond motifs is 1. The number of amides is 1. The Morgan fingerprint density at radius 3 is 2.71 bits per heavy atom. The monoisotopic (exact) mass is 355 g/mol. The van der Waals surface area contributed by atoms with Crippen LogP contribution >= 0.6 is 11.3 Å². The molecule has 0 spiro atoms. The molecular formula is C16H16F3N3OS. The number of nitrogens with zero attached hydrogens (tertiary/aromatic N) is 1. The quantitative estimate of drug-likeness (QED) is 0.890. The van der Waals surface area contributed by atoms with Crippen molar-refractivity contribution in [1.29, 1.82) is 0 Å². The van der Waals surface area contributed by atoms with Gasteiger partial charge < -0.3 is 10.6 Å². The van der Waals surface area contributed by atoms with E-state index in [0.717, 1.165) is 48.2 Å². The maximum atomic E-state index is 12.5. The molecule has 1 aromatic heterocycles. The summed E-state index contributed by atoms with van der Waals surface area (Å²) in [4.78, 5) is 15.7. The van der Waals surface area contributed by atoms with Crippen molar-refractivity contribution in [2.75, 3.05) is 13.1 Å². The predicted octanol–water partition coefficient (Wildman–Crippen LogP) is 2.78. The maximum absolute atomic E-state index is 12.5. The molecule has 128 valence electrons. The molecule has 0 fully saturated rings.